The molecule has 36 heavy (non-hydrogen) atoms. The molecule has 1 heterocycles. The molecule has 0 atom stereocenters. The number of carbonyl (C=O) groups is 2. The number of hydrogen-bond donors (Lipinski definition) is 0. The standard InChI is InChI=1S/C27H27F3N4O2/c1-18-33(22-13-10-20(17-31)23(16-22)27(28,29)30)25(36)26(14-5-15-26)34(18)21-11-8-19(9-12-21)6-4-7-24(35)32(2)3/h8-13,16H,1,4-7,14-15H2,2-3H3. The maximum absolute atomic E-state index is 13.6. The van der Waals surface area contributed by atoms with Crippen LogP contribution in [0.1, 0.15) is 48.8 Å². The summed E-state index contributed by atoms with van der Waals surface area (Å²) in [6.07, 6.45) is -0.884. The van der Waals surface area contributed by atoms with Gasteiger partial charge >= 0.3 is 6.18 Å². The number of nitriles is 1. The summed E-state index contributed by atoms with van der Waals surface area (Å²) in [5.41, 5.74) is -0.658. The Morgan fingerprint density at radius 3 is 2.31 bits per heavy atom. The van der Waals surface area contributed by atoms with Gasteiger partial charge in [0.1, 0.15) is 11.4 Å². The van der Waals surface area contributed by atoms with Gasteiger partial charge in [0.25, 0.3) is 5.91 Å². The highest BCUT2D eigenvalue weighted by molar-refractivity contribution is 6.11. The number of alkyl halides is 3. The SMILES string of the molecule is C=C1N(c2ccc(C#N)c(C(F)(F)F)c2)C(=O)C2(CCC2)N1c1ccc(CCCC(=O)N(C)C)cc1. The van der Waals surface area contributed by atoms with Crippen LogP contribution in [0.3, 0.4) is 0 Å². The second kappa shape index (κ2) is 9.34. The molecule has 0 aromatic heterocycles. The molecule has 2 aromatic rings. The highest BCUT2D eigenvalue weighted by Gasteiger charge is 2.58. The van der Waals surface area contributed by atoms with Gasteiger partial charge in [-0.1, -0.05) is 18.7 Å². The summed E-state index contributed by atoms with van der Waals surface area (Å²) >= 11 is 0. The van der Waals surface area contributed by atoms with Crippen molar-refractivity contribution in [2.45, 2.75) is 50.2 Å². The molecule has 0 bridgehead atoms. The highest BCUT2D eigenvalue weighted by Crippen LogP contribution is 2.50. The Morgan fingerprint density at radius 1 is 1.14 bits per heavy atom. The van der Waals surface area contributed by atoms with Gasteiger partial charge in [-0.2, -0.15) is 18.4 Å². The molecule has 0 N–H and O–H groups in total. The van der Waals surface area contributed by atoms with Crippen molar-refractivity contribution in [3.05, 3.63) is 71.6 Å². The number of halogens is 3. The third kappa shape index (κ3) is 4.32. The van der Waals surface area contributed by atoms with Crippen LogP contribution in [0.2, 0.25) is 0 Å². The molecule has 0 radical (unpaired) electrons. The first-order valence-electron chi connectivity index (χ1n) is 11.7. The zero-order chi connectivity index (χ0) is 26.3. The van der Waals surface area contributed by atoms with E-state index in [1.807, 2.05) is 29.2 Å². The zero-order valence-corrected chi connectivity index (χ0v) is 20.2. The average Bonchev–Trinajstić information content (AvgIpc) is 3.05. The molecule has 1 saturated heterocycles. The van der Waals surface area contributed by atoms with Crippen LogP contribution in [0.5, 0.6) is 0 Å². The number of carbonyl (C=O) groups excluding carboxylic acids is 2. The molecule has 0 unspecified atom stereocenters. The van der Waals surface area contributed by atoms with E-state index in [1.165, 1.54) is 11.0 Å². The Kier molecular flexibility index (Phi) is 6.56. The molecule has 2 fully saturated rings. The second-order valence-electron chi connectivity index (χ2n) is 9.42. The second-order valence-corrected chi connectivity index (χ2v) is 9.42. The molecular formula is C27H27F3N4O2. The minimum absolute atomic E-state index is 0.0345. The number of benzene rings is 2. The topological polar surface area (TPSA) is 67.6 Å². The first-order valence-corrected chi connectivity index (χ1v) is 11.7. The Bertz CT molecular complexity index is 1240. The van der Waals surface area contributed by atoms with Crippen LogP contribution in [0, 0.1) is 11.3 Å². The van der Waals surface area contributed by atoms with Crippen LogP contribution in [-0.2, 0) is 22.2 Å². The van der Waals surface area contributed by atoms with Crippen molar-refractivity contribution in [1.82, 2.24) is 4.90 Å². The summed E-state index contributed by atoms with van der Waals surface area (Å²) in [5.74, 6) is 0.0340. The number of rotatable bonds is 6. The predicted molar refractivity (Wildman–Crippen MR) is 130 cm³/mol. The first kappa shape index (κ1) is 25.3. The molecule has 1 spiro atoms. The molecular weight excluding hydrogens is 469 g/mol. The van der Waals surface area contributed by atoms with E-state index < -0.39 is 22.8 Å². The lowest BCUT2D eigenvalue weighted by molar-refractivity contribution is -0.137. The van der Waals surface area contributed by atoms with Gasteiger partial charge in [-0.25, -0.2) is 0 Å². The number of hydrogen-bond acceptors (Lipinski definition) is 4. The van der Waals surface area contributed by atoms with Gasteiger partial charge in [-0.3, -0.25) is 14.5 Å². The fourth-order valence-corrected chi connectivity index (χ4v) is 4.86. The summed E-state index contributed by atoms with van der Waals surface area (Å²) < 4.78 is 40.7. The molecule has 1 aliphatic carbocycles. The van der Waals surface area contributed by atoms with Crippen LogP contribution in [0.4, 0.5) is 24.5 Å². The monoisotopic (exact) mass is 496 g/mol. The van der Waals surface area contributed by atoms with Crippen LogP contribution in [0.25, 0.3) is 0 Å². The van der Waals surface area contributed by atoms with E-state index in [9.17, 15) is 22.8 Å². The molecule has 6 nitrogen and oxygen atoms in total. The molecule has 9 heteroatoms. The van der Waals surface area contributed by atoms with E-state index in [4.69, 9.17) is 5.26 Å². The van der Waals surface area contributed by atoms with E-state index in [2.05, 4.69) is 6.58 Å². The van der Waals surface area contributed by atoms with Crippen molar-refractivity contribution in [1.29, 1.82) is 5.26 Å². The van der Waals surface area contributed by atoms with Gasteiger partial charge in [0, 0.05) is 26.2 Å². The lowest BCUT2D eigenvalue weighted by atomic mass is 9.75. The van der Waals surface area contributed by atoms with Gasteiger partial charge in [-0.05, 0) is 68.0 Å². The smallest absolute Gasteiger partial charge is 0.349 e. The molecule has 1 aliphatic heterocycles. The molecule has 2 aromatic carbocycles. The largest absolute Gasteiger partial charge is 0.417 e. The van der Waals surface area contributed by atoms with Crippen molar-refractivity contribution < 1.29 is 22.8 Å². The van der Waals surface area contributed by atoms with Gasteiger partial charge in [0.05, 0.1) is 22.9 Å². The molecule has 4 rings (SSSR count). The number of amides is 2. The third-order valence-electron chi connectivity index (χ3n) is 6.96. The van der Waals surface area contributed by atoms with Crippen LogP contribution in [0.15, 0.2) is 54.9 Å². The number of nitrogens with zero attached hydrogens (tertiary/aromatic N) is 4. The first-order chi connectivity index (χ1) is 17.0. The van der Waals surface area contributed by atoms with Crippen molar-refractivity contribution in [2.75, 3.05) is 23.9 Å². The molecule has 188 valence electrons. The van der Waals surface area contributed by atoms with E-state index >= 15 is 0 Å². The Labute approximate surface area is 208 Å². The van der Waals surface area contributed by atoms with E-state index in [1.54, 1.807) is 25.1 Å². The van der Waals surface area contributed by atoms with Crippen LogP contribution < -0.4 is 9.80 Å². The minimum atomic E-state index is -4.73. The Balaban J connectivity index is 1.61. The predicted octanol–water partition coefficient (Wildman–Crippen LogP) is 5.24. The molecule has 1 saturated carbocycles. The zero-order valence-electron chi connectivity index (χ0n) is 20.2. The number of anilines is 2. The summed E-state index contributed by atoms with van der Waals surface area (Å²) in [4.78, 5) is 30.0. The summed E-state index contributed by atoms with van der Waals surface area (Å²) in [5, 5.41) is 9.12. The van der Waals surface area contributed by atoms with Crippen LogP contribution >= 0.6 is 0 Å². The van der Waals surface area contributed by atoms with Crippen molar-refractivity contribution in [3.63, 3.8) is 0 Å². The lowest BCUT2D eigenvalue weighted by Gasteiger charge is -2.43. The quantitative estimate of drug-likeness (QED) is 0.549. The average molecular weight is 497 g/mol. The summed E-state index contributed by atoms with van der Waals surface area (Å²) in [7, 11) is 3.45. The fraction of sp³-hybridized carbons (Fsp3) is 0.370. The minimum Gasteiger partial charge on any atom is -0.349 e. The summed E-state index contributed by atoms with van der Waals surface area (Å²) in [6.45, 7) is 4.08. The van der Waals surface area contributed by atoms with Gasteiger partial charge < -0.3 is 9.80 Å². The van der Waals surface area contributed by atoms with Crippen LogP contribution in [-0.4, -0.2) is 36.3 Å². The number of aryl methyl sites for hydroxylation is 1. The fourth-order valence-electron chi connectivity index (χ4n) is 4.86. The maximum Gasteiger partial charge on any atom is 0.417 e. The third-order valence-corrected chi connectivity index (χ3v) is 6.96. The normalized spacial score (nSPS) is 16.8. The molecule has 2 aliphatic rings. The van der Waals surface area contributed by atoms with Gasteiger partial charge in [0.2, 0.25) is 5.91 Å². The van der Waals surface area contributed by atoms with Crippen molar-refractivity contribution in [3.8, 4) is 6.07 Å². The summed E-state index contributed by atoms with van der Waals surface area (Å²) in [6, 6.07) is 12.5. The maximum atomic E-state index is 13.6. The van der Waals surface area contributed by atoms with Crippen molar-refractivity contribution >= 4 is 23.2 Å². The highest BCUT2D eigenvalue weighted by atomic mass is 19.4. The Morgan fingerprint density at radius 2 is 1.78 bits per heavy atom. The Hall–Kier alpha value is -3.80. The van der Waals surface area contributed by atoms with Gasteiger partial charge in [0.15, 0.2) is 0 Å². The van der Waals surface area contributed by atoms with Gasteiger partial charge in [-0.15, -0.1) is 0 Å². The van der Waals surface area contributed by atoms with E-state index in [-0.39, 0.29) is 23.3 Å². The van der Waals surface area contributed by atoms with E-state index in [0.29, 0.717) is 25.7 Å². The lowest BCUT2D eigenvalue weighted by Crippen LogP contribution is -2.54. The molecule has 2 amide bonds. The van der Waals surface area contributed by atoms with Crippen molar-refractivity contribution in [2.24, 2.45) is 0 Å². The van der Waals surface area contributed by atoms with E-state index in [0.717, 1.165) is 36.2 Å².